The average Bonchev–Trinajstić information content (AvgIpc) is 2.77. The molecule has 0 saturated heterocycles. The van der Waals surface area contributed by atoms with Gasteiger partial charge in [0.05, 0.1) is 23.9 Å². The molecule has 2 N–H and O–H groups in total. The molecule has 122 valence electrons. The maximum absolute atomic E-state index is 10.3. The lowest BCUT2D eigenvalue weighted by Gasteiger charge is -2.17. The Morgan fingerprint density at radius 3 is 2.18 bits per heavy atom. The number of benzene rings is 1. The van der Waals surface area contributed by atoms with Crippen LogP contribution in [0, 0.1) is 34.6 Å². The summed E-state index contributed by atoms with van der Waals surface area (Å²) >= 11 is 0. The molecule has 0 aliphatic carbocycles. The summed E-state index contributed by atoms with van der Waals surface area (Å²) in [6, 6.07) is 0.375. The van der Waals surface area contributed by atoms with Crippen molar-refractivity contribution in [3.63, 3.8) is 0 Å². The predicted octanol–water partition coefficient (Wildman–Crippen LogP) is 2.94. The number of nitrogens with one attached hydrogen (secondary N) is 1. The van der Waals surface area contributed by atoms with Gasteiger partial charge in [-0.05, 0) is 56.9 Å². The average molecular weight is 303 g/mol. The Balaban J connectivity index is 2.44. The van der Waals surface area contributed by atoms with Gasteiger partial charge < -0.3 is 10.4 Å². The summed E-state index contributed by atoms with van der Waals surface area (Å²) < 4.78 is 1.98. The van der Waals surface area contributed by atoms with Crippen LogP contribution in [-0.2, 0) is 6.54 Å². The quantitative estimate of drug-likeness (QED) is 0.893. The van der Waals surface area contributed by atoms with Gasteiger partial charge in [0.15, 0.2) is 0 Å². The number of rotatable bonds is 5. The molecular formula is C18H29N3O. The first-order valence-electron chi connectivity index (χ1n) is 8.09. The van der Waals surface area contributed by atoms with Crippen molar-refractivity contribution < 1.29 is 5.11 Å². The standard InChI is InChI=1S/C18H29N3O/c1-10(2)19-8-16(22)9-21-18-14(6)12(4)11(3)13(5)17(18)15(7)20-21/h10,16,19,22H,8-9H2,1-7H3. The largest absolute Gasteiger partial charge is 0.390 e. The monoisotopic (exact) mass is 303 g/mol. The first kappa shape index (κ1) is 17.0. The van der Waals surface area contributed by atoms with E-state index in [-0.39, 0.29) is 0 Å². The lowest BCUT2D eigenvalue weighted by molar-refractivity contribution is 0.146. The maximum Gasteiger partial charge on any atom is 0.0860 e. The molecule has 2 rings (SSSR count). The fraction of sp³-hybridized carbons (Fsp3) is 0.611. The second kappa shape index (κ2) is 6.39. The topological polar surface area (TPSA) is 50.1 Å². The van der Waals surface area contributed by atoms with Gasteiger partial charge in [0.2, 0.25) is 0 Å². The molecule has 1 unspecified atom stereocenters. The summed E-state index contributed by atoms with van der Waals surface area (Å²) in [5.74, 6) is 0. The van der Waals surface area contributed by atoms with E-state index in [4.69, 9.17) is 0 Å². The van der Waals surface area contributed by atoms with Crippen molar-refractivity contribution in [2.24, 2.45) is 0 Å². The van der Waals surface area contributed by atoms with Crippen molar-refractivity contribution >= 4 is 10.9 Å². The second-order valence-corrected chi connectivity index (χ2v) is 6.71. The van der Waals surface area contributed by atoms with Crippen molar-refractivity contribution in [1.82, 2.24) is 15.1 Å². The molecule has 1 aromatic carbocycles. The summed E-state index contributed by atoms with van der Waals surface area (Å²) in [7, 11) is 0. The minimum absolute atomic E-state index is 0.375. The van der Waals surface area contributed by atoms with E-state index in [2.05, 4.69) is 58.9 Å². The number of hydrogen-bond donors (Lipinski definition) is 2. The molecule has 4 nitrogen and oxygen atoms in total. The zero-order chi connectivity index (χ0) is 16.6. The van der Waals surface area contributed by atoms with E-state index in [0.717, 1.165) is 5.69 Å². The third-order valence-corrected chi connectivity index (χ3v) is 4.69. The van der Waals surface area contributed by atoms with Crippen LogP contribution in [0.4, 0.5) is 0 Å². The fourth-order valence-electron chi connectivity index (χ4n) is 3.11. The lowest BCUT2D eigenvalue weighted by atomic mass is 9.94. The van der Waals surface area contributed by atoms with Crippen LogP contribution in [0.1, 0.15) is 41.8 Å². The third kappa shape index (κ3) is 3.03. The molecular weight excluding hydrogens is 274 g/mol. The molecule has 1 atom stereocenters. The van der Waals surface area contributed by atoms with Crippen LogP contribution in [0.15, 0.2) is 0 Å². The molecule has 4 heteroatoms. The van der Waals surface area contributed by atoms with E-state index in [0.29, 0.717) is 19.1 Å². The van der Waals surface area contributed by atoms with Crippen LogP contribution in [0.5, 0.6) is 0 Å². The van der Waals surface area contributed by atoms with E-state index in [1.807, 2.05) is 4.68 Å². The van der Waals surface area contributed by atoms with Gasteiger partial charge in [0.1, 0.15) is 0 Å². The minimum atomic E-state index is -0.439. The van der Waals surface area contributed by atoms with Crippen molar-refractivity contribution in [1.29, 1.82) is 0 Å². The molecule has 0 fully saturated rings. The normalized spacial score (nSPS) is 13.3. The predicted molar refractivity (Wildman–Crippen MR) is 92.6 cm³/mol. The Morgan fingerprint density at radius 2 is 1.59 bits per heavy atom. The van der Waals surface area contributed by atoms with Crippen LogP contribution in [-0.4, -0.2) is 33.6 Å². The molecule has 0 saturated carbocycles. The number of fused-ring (bicyclic) bond motifs is 1. The first-order valence-corrected chi connectivity index (χ1v) is 8.09. The number of aliphatic hydroxyl groups is 1. The van der Waals surface area contributed by atoms with Crippen LogP contribution in [0.3, 0.4) is 0 Å². The van der Waals surface area contributed by atoms with Gasteiger partial charge in [0.25, 0.3) is 0 Å². The van der Waals surface area contributed by atoms with E-state index in [1.54, 1.807) is 0 Å². The van der Waals surface area contributed by atoms with Crippen molar-refractivity contribution in [3.8, 4) is 0 Å². The third-order valence-electron chi connectivity index (χ3n) is 4.69. The molecule has 0 bridgehead atoms. The maximum atomic E-state index is 10.3. The zero-order valence-electron chi connectivity index (χ0n) is 14.9. The number of hydrogen-bond acceptors (Lipinski definition) is 3. The Kier molecular flexibility index (Phi) is 4.93. The number of aryl methyl sites for hydroxylation is 3. The molecule has 0 spiro atoms. The Hall–Kier alpha value is -1.39. The Bertz CT molecular complexity index is 686. The molecule has 1 aromatic heterocycles. The van der Waals surface area contributed by atoms with Gasteiger partial charge in [-0.1, -0.05) is 13.8 Å². The molecule has 1 heterocycles. The van der Waals surface area contributed by atoms with Gasteiger partial charge in [-0.2, -0.15) is 5.10 Å². The van der Waals surface area contributed by atoms with Crippen LogP contribution in [0.2, 0.25) is 0 Å². The van der Waals surface area contributed by atoms with E-state index >= 15 is 0 Å². The van der Waals surface area contributed by atoms with E-state index in [9.17, 15) is 5.11 Å². The van der Waals surface area contributed by atoms with Crippen molar-refractivity contribution in [2.75, 3.05) is 6.54 Å². The Morgan fingerprint density at radius 1 is 1.00 bits per heavy atom. The van der Waals surface area contributed by atoms with Gasteiger partial charge >= 0.3 is 0 Å². The lowest BCUT2D eigenvalue weighted by Crippen LogP contribution is -2.34. The van der Waals surface area contributed by atoms with Gasteiger partial charge in [-0.15, -0.1) is 0 Å². The van der Waals surface area contributed by atoms with Crippen LogP contribution in [0.25, 0.3) is 10.9 Å². The SMILES string of the molecule is Cc1c(C)c(C)c2c(c(C)nn2CC(O)CNC(C)C)c1C. The highest BCUT2D eigenvalue weighted by Gasteiger charge is 2.18. The number of nitrogens with zero attached hydrogens (tertiary/aromatic N) is 2. The molecule has 0 aliphatic rings. The highest BCUT2D eigenvalue weighted by Crippen LogP contribution is 2.31. The van der Waals surface area contributed by atoms with Crippen molar-refractivity contribution in [2.45, 2.75) is 67.2 Å². The molecule has 0 radical (unpaired) electrons. The second-order valence-electron chi connectivity index (χ2n) is 6.71. The van der Waals surface area contributed by atoms with E-state index < -0.39 is 6.10 Å². The Labute approximate surface area is 133 Å². The molecule has 2 aromatic rings. The summed E-state index contributed by atoms with van der Waals surface area (Å²) in [4.78, 5) is 0. The smallest absolute Gasteiger partial charge is 0.0860 e. The summed E-state index contributed by atoms with van der Waals surface area (Å²) in [6.45, 7) is 16.0. The van der Waals surface area contributed by atoms with E-state index in [1.165, 1.54) is 33.2 Å². The summed E-state index contributed by atoms with van der Waals surface area (Å²) in [5, 5.41) is 19.5. The highest BCUT2D eigenvalue weighted by molar-refractivity contribution is 5.90. The van der Waals surface area contributed by atoms with Gasteiger partial charge in [-0.3, -0.25) is 4.68 Å². The highest BCUT2D eigenvalue weighted by atomic mass is 16.3. The molecule has 0 aliphatic heterocycles. The molecule has 0 amide bonds. The molecule has 22 heavy (non-hydrogen) atoms. The number of aliphatic hydroxyl groups excluding tert-OH is 1. The fourth-order valence-corrected chi connectivity index (χ4v) is 3.11. The first-order chi connectivity index (χ1) is 10.2. The minimum Gasteiger partial charge on any atom is -0.390 e. The summed E-state index contributed by atoms with van der Waals surface area (Å²) in [5.41, 5.74) is 7.44. The van der Waals surface area contributed by atoms with Crippen LogP contribution >= 0.6 is 0 Å². The van der Waals surface area contributed by atoms with Crippen LogP contribution < -0.4 is 5.32 Å². The zero-order valence-corrected chi connectivity index (χ0v) is 14.9. The number of aromatic nitrogens is 2. The van der Waals surface area contributed by atoms with Crippen molar-refractivity contribution in [3.05, 3.63) is 27.9 Å². The summed E-state index contributed by atoms with van der Waals surface area (Å²) in [6.07, 6.45) is -0.439. The van der Waals surface area contributed by atoms with Gasteiger partial charge in [-0.25, -0.2) is 0 Å². The van der Waals surface area contributed by atoms with Gasteiger partial charge in [0, 0.05) is 18.0 Å².